The third-order valence-corrected chi connectivity index (χ3v) is 5.56. The molecule has 0 fully saturated rings. The van der Waals surface area contributed by atoms with Gasteiger partial charge in [-0.3, -0.25) is 4.79 Å². The molecule has 2 heterocycles. The summed E-state index contributed by atoms with van der Waals surface area (Å²) >= 11 is 0. The van der Waals surface area contributed by atoms with Gasteiger partial charge in [-0.25, -0.2) is 4.39 Å². The van der Waals surface area contributed by atoms with Gasteiger partial charge in [0.05, 0.1) is 11.5 Å². The Kier molecular flexibility index (Phi) is 5.33. The van der Waals surface area contributed by atoms with Gasteiger partial charge in [0.25, 0.3) is 5.56 Å². The van der Waals surface area contributed by atoms with Gasteiger partial charge in [0.2, 0.25) is 5.88 Å². The molecule has 2 aromatic carbocycles. The van der Waals surface area contributed by atoms with Crippen LogP contribution in [-0.4, -0.2) is 14.8 Å². The van der Waals surface area contributed by atoms with Gasteiger partial charge < -0.3 is 25.3 Å². The van der Waals surface area contributed by atoms with Gasteiger partial charge in [0.15, 0.2) is 11.5 Å². The van der Waals surface area contributed by atoms with Crippen molar-refractivity contribution in [3.05, 3.63) is 98.5 Å². The maximum Gasteiger partial charge on any atom is 0.258 e. The third-order valence-electron chi connectivity index (χ3n) is 5.56. The summed E-state index contributed by atoms with van der Waals surface area (Å²) in [5.74, 6) is -1.51. The second kappa shape index (κ2) is 8.12. The molecule has 7 nitrogen and oxygen atoms in total. The van der Waals surface area contributed by atoms with Crippen LogP contribution in [0.15, 0.2) is 64.8 Å². The predicted molar refractivity (Wildman–Crippen MR) is 115 cm³/mol. The first-order chi connectivity index (χ1) is 15.3. The zero-order valence-corrected chi connectivity index (χ0v) is 17.2. The molecule has 0 aliphatic carbocycles. The highest BCUT2D eigenvalue weighted by Crippen LogP contribution is 2.40. The monoisotopic (exact) mass is 433 g/mol. The fraction of sp³-hybridized carbons (Fsp3) is 0.167. The molecule has 4 rings (SSSR count). The Morgan fingerprint density at radius 1 is 1.16 bits per heavy atom. The van der Waals surface area contributed by atoms with Crippen molar-refractivity contribution in [2.75, 3.05) is 0 Å². The van der Waals surface area contributed by atoms with Crippen LogP contribution in [0.5, 0.6) is 17.2 Å². The quantitative estimate of drug-likeness (QED) is 0.544. The predicted octanol–water partition coefficient (Wildman–Crippen LogP) is 3.17. The van der Waals surface area contributed by atoms with E-state index in [4.69, 9.17) is 10.5 Å². The molecular formula is C24H20FN3O4. The topological polar surface area (TPSA) is 122 Å². The van der Waals surface area contributed by atoms with E-state index in [9.17, 15) is 24.7 Å². The summed E-state index contributed by atoms with van der Waals surface area (Å²) in [7, 11) is 0. The summed E-state index contributed by atoms with van der Waals surface area (Å²) < 4.78 is 20.7. The van der Waals surface area contributed by atoms with E-state index in [1.807, 2.05) is 6.07 Å². The van der Waals surface area contributed by atoms with Crippen LogP contribution < -0.4 is 16.0 Å². The molecule has 0 bridgehead atoms. The average molecular weight is 433 g/mol. The normalized spacial score (nSPS) is 15.1. The lowest BCUT2D eigenvalue weighted by atomic mass is 9.84. The zero-order valence-electron chi connectivity index (χ0n) is 17.2. The average Bonchev–Trinajstić information content (AvgIpc) is 2.75. The Bertz CT molecular complexity index is 1340. The van der Waals surface area contributed by atoms with Crippen LogP contribution in [0.3, 0.4) is 0 Å². The molecule has 4 N–H and O–H groups in total. The number of halogens is 1. The minimum atomic E-state index is -0.790. The van der Waals surface area contributed by atoms with Crippen LogP contribution in [0.2, 0.25) is 0 Å². The summed E-state index contributed by atoms with van der Waals surface area (Å²) in [5, 5.41) is 28.9. The number of nitriles is 1. The fourth-order valence-electron chi connectivity index (χ4n) is 3.92. The molecule has 0 amide bonds. The Balaban J connectivity index is 1.80. The molecule has 1 atom stereocenters. The van der Waals surface area contributed by atoms with Crippen LogP contribution in [0.25, 0.3) is 0 Å². The number of aryl methyl sites for hydroxylation is 2. The highest BCUT2D eigenvalue weighted by molar-refractivity contribution is 5.55. The number of ether oxygens (including phenoxy) is 1. The molecule has 32 heavy (non-hydrogen) atoms. The first-order valence-corrected chi connectivity index (χ1v) is 9.88. The number of phenolic OH excluding ortho intramolecular Hbond substituents is 2. The molecule has 1 aliphatic rings. The number of hydrogen-bond donors (Lipinski definition) is 3. The summed E-state index contributed by atoms with van der Waals surface area (Å²) in [6, 6.07) is 13.8. The molecule has 0 saturated heterocycles. The smallest absolute Gasteiger partial charge is 0.258 e. The third kappa shape index (κ3) is 3.65. The molecule has 0 radical (unpaired) electrons. The molecule has 162 valence electrons. The van der Waals surface area contributed by atoms with E-state index in [1.165, 1.54) is 36.4 Å². The molecule has 0 unspecified atom stereocenters. The van der Waals surface area contributed by atoms with E-state index in [1.54, 1.807) is 23.6 Å². The highest BCUT2D eigenvalue weighted by atomic mass is 19.1. The summed E-state index contributed by atoms with van der Waals surface area (Å²) in [4.78, 5) is 13.5. The van der Waals surface area contributed by atoms with Gasteiger partial charge in [-0.15, -0.1) is 0 Å². The Morgan fingerprint density at radius 2 is 1.88 bits per heavy atom. The largest absolute Gasteiger partial charge is 0.504 e. The van der Waals surface area contributed by atoms with E-state index < -0.39 is 11.7 Å². The molecule has 1 aliphatic heterocycles. The highest BCUT2D eigenvalue weighted by Gasteiger charge is 2.34. The molecule has 3 aromatic rings. The van der Waals surface area contributed by atoms with Gasteiger partial charge in [0.1, 0.15) is 23.2 Å². The number of rotatable bonds is 4. The van der Waals surface area contributed by atoms with Crippen molar-refractivity contribution >= 4 is 0 Å². The van der Waals surface area contributed by atoms with Gasteiger partial charge in [-0.2, -0.15) is 5.26 Å². The lowest BCUT2D eigenvalue weighted by Crippen LogP contribution is -2.33. The minimum Gasteiger partial charge on any atom is -0.504 e. The molecular weight excluding hydrogens is 413 g/mol. The zero-order chi connectivity index (χ0) is 23.0. The van der Waals surface area contributed by atoms with E-state index in [0.29, 0.717) is 24.2 Å². The molecule has 0 spiro atoms. The van der Waals surface area contributed by atoms with Crippen molar-refractivity contribution in [3.63, 3.8) is 0 Å². The number of pyridine rings is 1. The lowest BCUT2D eigenvalue weighted by Gasteiger charge is -2.27. The number of allylic oxidation sites excluding steroid dienone is 1. The number of aromatic nitrogens is 1. The van der Waals surface area contributed by atoms with Gasteiger partial charge in [0, 0.05) is 18.3 Å². The van der Waals surface area contributed by atoms with Crippen molar-refractivity contribution in [1.82, 2.24) is 4.57 Å². The number of nitrogens with zero attached hydrogens (tertiary/aromatic N) is 2. The Morgan fingerprint density at radius 3 is 2.53 bits per heavy atom. The molecule has 1 aromatic heterocycles. The van der Waals surface area contributed by atoms with Crippen molar-refractivity contribution in [1.29, 1.82) is 5.26 Å². The number of benzene rings is 2. The fourth-order valence-corrected chi connectivity index (χ4v) is 3.92. The molecule has 0 saturated carbocycles. The van der Waals surface area contributed by atoms with E-state index in [2.05, 4.69) is 0 Å². The molecule has 8 heteroatoms. The summed E-state index contributed by atoms with van der Waals surface area (Å²) in [6.45, 7) is 2.05. The first-order valence-electron chi connectivity index (χ1n) is 9.88. The van der Waals surface area contributed by atoms with E-state index in [-0.39, 0.29) is 39.8 Å². The van der Waals surface area contributed by atoms with Crippen LogP contribution in [0, 0.1) is 24.1 Å². The number of fused-ring (bicyclic) bond motifs is 1. The Hall–Kier alpha value is -4.25. The van der Waals surface area contributed by atoms with Crippen molar-refractivity contribution in [3.8, 4) is 23.3 Å². The van der Waals surface area contributed by atoms with E-state index in [0.717, 1.165) is 5.56 Å². The van der Waals surface area contributed by atoms with Gasteiger partial charge >= 0.3 is 0 Å². The SMILES string of the molecule is Cc1cc2c(c(=O)n1CCc1ccc(O)c(O)c1)[C@@H](c1ccc(F)cc1)C(C#N)=C(N)O2. The van der Waals surface area contributed by atoms with Crippen LogP contribution >= 0.6 is 0 Å². The van der Waals surface area contributed by atoms with Crippen LogP contribution in [-0.2, 0) is 13.0 Å². The second-order valence-corrected chi connectivity index (χ2v) is 7.57. The number of hydrogen-bond acceptors (Lipinski definition) is 6. The Labute approximate surface area is 183 Å². The van der Waals surface area contributed by atoms with Gasteiger partial charge in [-0.05, 0) is 48.7 Å². The van der Waals surface area contributed by atoms with E-state index >= 15 is 0 Å². The van der Waals surface area contributed by atoms with Crippen molar-refractivity contribution < 1.29 is 19.3 Å². The van der Waals surface area contributed by atoms with Crippen molar-refractivity contribution in [2.45, 2.75) is 25.8 Å². The minimum absolute atomic E-state index is 0.0834. The first kappa shape index (κ1) is 21.0. The number of nitrogens with two attached hydrogens (primary N) is 1. The standard InChI is InChI=1S/C24H20FN3O4/c1-13-10-20-22(24(31)28(13)9-8-14-2-7-18(29)19(30)11-14)21(17(12-26)23(27)32-20)15-3-5-16(25)6-4-15/h2-7,10-11,21,29-30H,8-9,27H2,1H3/t21-/m0/s1. The lowest BCUT2D eigenvalue weighted by molar-refractivity contribution is 0.388. The maximum atomic E-state index is 13.5. The van der Waals surface area contributed by atoms with Crippen LogP contribution in [0.4, 0.5) is 4.39 Å². The summed E-state index contributed by atoms with van der Waals surface area (Å²) in [6.07, 6.45) is 0.415. The van der Waals surface area contributed by atoms with Crippen LogP contribution in [0.1, 0.15) is 28.3 Å². The number of aromatic hydroxyl groups is 2. The maximum absolute atomic E-state index is 13.5. The summed E-state index contributed by atoms with van der Waals surface area (Å²) in [5.41, 5.74) is 7.86. The number of phenols is 2. The second-order valence-electron chi connectivity index (χ2n) is 7.57. The van der Waals surface area contributed by atoms with Gasteiger partial charge in [-0.1, -0.05) is 18.2 Å². The van der Waals surface area contributed by atoms with Crippen molar-refractivity contribution in [2.24, 2.45) is 5.73 Å².